The van der Waals surface area contributed by atoms with Crippen LogP contribution in [0.1, 0.15) is 48.6 Å². The average molecular weight is 486 g/mol. The lowest BCUT2D eigenvalue weighted by atomic mass is 9.85. The van der Waals surface area contributed by atoms with Gasteiger partial charge in [0.25, 0.3) is 0 Å². The number of aromatic nitrogens is 1. The molecule has 0 saturated heterocycles. The minimum absolute atomic E-state index is 0.158. The van der Waals surface area contributed by atoms with E-state index < -0.39 is 33.3 Å². The molecule has 1 nitrogen and oxygen atoms in total. The summed E-state index contributed by atoms with van der Waals surface area (Å²) in [5, 5.41) is 0. The zero-order valence-electron chi connectivity index (χ0n) is 16.9. The largest absolute Gasteiger partial charge is 0.263 e. The molecule has 0 N–H and O–H groups in total. The summed E-state index contributed by atoms with van der Waals surface area (Å²) in [6.45, 7) is 6.13. The summed E-state index contributed by atoms with van der Waals surface area (Å²) >= 11 is 2.75. The second kappa shape index (κ2) is 8.96. The molecule has 0 aliphatic carbocycles. The summed E-state index contributed by atoms with van der Waals surface area (Å²) in [7, 11) is 0. The lowest BCUT2D eigenvalue weighted by Gasteiger charge is -2.19. The summed E-state index contributed by atoms with van der Waals surface area (Å²) in [5.74, 6) is 4.23. The molecule has 0 fully saturated rings. The van der Waals surface area contributed by atoms with Crippen LogP contribution in [0.25, 0.3) is 0 Å². The Morgan fingerprint density at radius 1 is 0.806 bits per heavy atom. The van der Waals surface area contributed by atoms with Crippen molar-refractivity contribution in [3.63, 3.8) is 0 Å². The van der Waals surface area contributed by atoms with E-state index in [0.29, 0.717) is 16.7 Å². The highest BCUT2D eigenvalue weighted by molar-refractivity contribution is 9.10. The maximum Gasteiger partial charge on any atom is 0.198 e. The molecule has 156 valence electrons. The van der Waals surface area contributed by atoms with E-state index in [2.05, 4.69) is 44.6 Å². The predicted molar refractivity (Wildman–Crippen MR) is 115 cm³/mol. The molecule has 0 radical (unpaired) electrons. The molecule has 0 aliphatic rings. The fourth-order valence-corrected chi connectivity index (χ4v) is 3.09. The van der Waals surface area contributed by atoms with Crippen LogP contribution in [0, 0.1) is 47.0 Å². The molecule has 6 heteroatoms. The van der Waals surface area contributed by atoms with E-state index in [1.165, 1.54) is 0 Å². The first-order valence-corrected chi connectivity index (χ1v) is 9.99. The Labute approximate surface area is 186 Å². The van der Waals surface area contributed by atoms with Crippen LogP contribution in [-0.2, 0) is 5.41 Å². The van der Waals surface area contributed by atoms with Gasteiger partial charge < -0.3 is 0 Å². The van der Waals surface area contributed by atoms with Crippen LogP contribution in [0.3, 0.4) is 0 Å². The summed E-state index contributed by atoms with van der Waals surface area (Å²) in [5.41, 5.74) is 1.92. The molecule has 1 aromatic heterocycles. The molecule has 0 unspecified atom stereocenters. The fraction of sp³-hybridized carbons (Fsp3) is 0.160. The lowest BCUT2D eigenvalue weighted by Crippen LogP contribution is -2.11. The predicted octanol–water partition coefficient (Wildman–Crippen LogP) is 6.50. The van der Waals surface area contributed by atoms with Crippen LogP contribution >= 0.6 is 15.9 Å². The first-order chi connectivity index (χ1) is 14.6. The molecule has 0 spiro atoms. The lowest BCUT2D eigenvalue weighted by molar-refractivity contribution is 0.405. The highest BCUT2D eigenvalue weighted by atomic mass is 79.9. The first-order valence-electron chi connectivity index (χ1n) is 9.19. The van der Waals surface area contributed by atoms with Gasteiger partial charge >= 0.3 is 0 Å². The van der Waals surface area contributed by atoms with Crippen molar-refractivity contribution < 1.29 is 17.6 Å². The van der Waals surface area contributed by atoms with Crippen LogP contribution in [0.2, 0.25) is 0 Å². The fourth-order valence-electron chi connectivity index (χ4n) is 2.64. The van der Waals surface area contributed by atoms with Crippen molar-refractivity contribution >= 4 is 15.9 Å². The Balaban J connectivity index is 2.15. The van der Waals surface area contributed by atoms with E-state index in [-0.39, 0.29) is 5.41 Å². The third-order valence-corrected chi connectivity index (χ3v) is 5.17. The van der Waals surface area contributed by atoms with Crippen molar-refractivity contribution in [1.29, 1.82) is 0 Å². The van der Waals surface area contributed by atoms with Crippen LogP contribution in [0.15, 0.2) is 47.2 Å². The van der Waals surface area contributed by atoms with Crippen molar-refractivity contribution in [1.82, 2.24) is 4.98 Å². The van der Waals surface area contributed by atoms with Gasteiger partial charge in [-0.3, -0.25) is 4.98 Å². The number of nitrogens with zero attached hydrogens (tertiary/aromatic N) is 1. The van der Waals surface area contributed by atoms with E-state index >= 15 is 0 Å². The Hall–Kier alpha value is -3.09. The summed E-state index contributed by atoms with van der Waals surface area (Å²) in [6.07, 6.45) is 3.25. The van der Waals surface area contributed by atoms with Gasteiger partial charge in [0.05, 0.1) is 10.0 Å². The molecular formula is C25H16BrF4N. The van der Waals surface area contributed by atoms with Crippen molar-refractivity contribution in [2.45, 2.75) is 26.2 Å². The minimum Gasteiger partial charge on any atom is -0.263 e. The number of pyridine rings is 1. The van der Waals surface area contributed by atoms with Crippen LogP contribution in [-0.4, -0.2) is 4.98 Å². The Kier molecular flexibility index (Phi) is 6.53. The molecule has 0 aliphatic heterocycles. The second-order valence-electron chi connectivity index (χ2n) is 7.70. The number of hydrogen-bond acceptors (Lipinski definition) is 1. The summed E-state index contributed by atoms with van der Waals surface area (Å²) in [6, 6.07) is 8.99. The molecular weight excluding hydrogens is 470 g/mol. The number of hydrogen-bond donors (Lipinski definition) is 0. The van der Waals surface area contributed by atoms with Gasteiger partial charge in [-0.2, -0.15) is 0 Å². The monoisotopic (exact) mass is 485 g/mol. The van der Waals surface area contributed by atoms with Gasteiger partial charge in [0.15, 0.2) is 23.3 Å². The highest BCUT2D eigenvalue weighted by Crippen LogP contribution is 2.28. The highest BCUT2D eigenvalue weighted by Gasteiger charge is 2.23. The van der Waals surface area contributed by atoms with Gasteiger partial charge in [0, 0.05) is 29.1 Å². The molecule has 0 atom stereocenters. The first kappa shape index (κ1) is 22.6. The molecule has 0 bridgehead atoms. The Morgan fingerprint density at radius 3 is 2.13 bits per heavy atom. The quantitative estimate of drug-likeness (QED) is 0.153. The number of rotatable bonds is 0. The third kappa shape index (κ3) is 4.98. The normalized spacial score (nSPS) is 10.7. The molecule has 3 aromatic rings. The standard InChI is InChI=1S/C25H16BrF4N/c1-25(2,3)18-10-8-16(17(13-18)7-6-15-5-4-12-31-14-15)9-11-19-20(26)22(28)24(30)23(29)21(19)27/h4-5,8,10,12-14H,1-3H3. The van der Waals surface area contributed by atoms with Crippen LogP contribution in [0.4, 0.5) is 17.6 Å². The Bertz CT molecular complexity index is 1240. The van der Waals surface area contributed by atoms with Crippen molar-refractivity contribution in [3.8, 4) is 23.7 Å². The SMILES string of the molecule is CC(C)(C)c1ccc(C#Cc2c(F)c(F)c(F)c(F)c2Br)c(C#Cc2cccnc2)c1. The third-order valence-electron chi connectivity index (χ3n) is 4.42. The van der Waals surface area contributed by atoms with E-state index in [4.69, 9.17) is 0 Å². The summed E-state index contributed by atoms with van der Waals surface area (Å²) in [4.78, 5) is 4.02. The zero-order valence-corrected chi connectivity index (χ0v) is 18.5. The van der Waals surface area contributed by atoms with Crippen LogP contribution in [0.5, 0.6) is 0 Å². The number of benzene rings is 2. The molecule has 0 amide bonds. The zero-order chi connectivity index (χ0) is 22.8. The van der Waals surface area contributed by atoms with E-state index in [1.54, 1.807) is 30.6 Å². The van der Waals surface area contributed by atoms with Crippen LogP contribution < -0.4 is 0 Å². The van der Waals surface area contributed by atoms with Gasteiger partial charge in [0.1, 0.15) is 0 Å². The van der Waals surface area contributed by atoms with Crippen molar-refractivity contribution in [2.24, 2.45) is 0 Å². The van der Waals surface area contributed by atoms with Crippen molar-refractivity contribution in [3.05, 3.63) is 98.3 Å². The summed E-state index contributed by atoms with van der Waals surface area (Å²) < 4.78 is 54.4. The maximum absolute atomic E-state index is 14.1. The minimum atomic E-state index is -1.91. The molecule has 1 heterocycles. The van der Waals surface area contributed by atoms with Gasteiger partial charge in [-0.1, -0.05) is 50.5 Å². The Morgan fingerprint density at radius 2 is 1.48 bits per heavy atom. The van der Waals surface area contributed by atoms with E-state index in [9.17, 15) is 17.6 Å². The van der Waals surface area contributed by atoms with Gasteiger partial charge in [-0.15, -0.1) is 0 Å². The smallest absolute Gasteiger partial charge is 0.198 e. The average Bonchev–Trinajstić information content (AvgIpc) is 2.75. The van der Waals surface area contributed by atoms with Gasteiger partial charge in [0.2, 0.25) is 0 Å². The molecule has 0 saturated carbocycles. The maximum atomic E-state index is 14.1. The topological polar surface area (TPSA) is 12.9 Å². The molecule has 2 aromatic carbocycles. The van der Waals surface area contributed by atoms with E-state index in [0.717, 1.165) is 5.56 Å². The molecule has 31 heavy (non-hydrogen) atoms. The molecule has 3 rings (SSSR count). The van der Waals surface area contributed by atoms with Gasteiger partial charge in [-0.25, -0.2) is 17.6 Å². The van der Waals surface area contributed by atoms with E-state index in [1.807, 2.05) is 32.9 Å². The van der Waals surface area contributed by atoms with Gasteiger partial charge in [-0.05, 0) is 51.2 Å². The van der Waals surface area contributed by atoms with Crippen molar-refractivity contribution in [2.75, 3.05) is 0 Å². The number of halogens is 5. The second-order valence-corrected chi connectivity index (χ2v) is 8.49.